The summed E-state index contributed by atoms with van der Waals surface area (Å²) >= 11 is 2.98. The number of ether oxygens (including phenoxy) is 1. The van der Waals surface area contributed by atoms with Crippen LogP contribution in [0.3, 0.4) is 0 Å². The minimum absolute atomic E-state index is 0.207. The Morgan fingerprint density at radius 1 is 1.20 bits per heavy atom. The number of halogens is 1. The van der Waals surface area contributed by atoms with Gasteiger partial charge in [-0.25, -0.2) is 0 Å². The number of hydrogen-bond donors (Lipinski definition) is 0. The molecule has 0 N–H and O–H groups in total. The summed E-state index contributed by atoms with van der Waals surface area (Å²) in [5.74, 6) is -0.636. The largest absolute Gasteiger partial charge is 0.465 e. The third-order valence-electron chi connectivity index (χ3n) is 1.38. The number of rotatable bonds is 7. The Labute approximate surface area is 98.1 Å². The second-order valence-electron chi connectivity index (χ2n) is 2.46. The second kappa shape index (κ2) is 7.39. The van der Waals surface area contributed by atoms with Crippen molar-refractivity contribution < 1.29 is 23.1 Å². The van der Waals surface area contributed by atoms with Crippen molar-refractivity contribution >= 4 is 29.5 Å². The van der Waals surface area contributed by atoms with Crippen molar-refractivity contribution in [2.75, 3.05) is 19.8 Å². The smallest absolute Gasteiger partial charge is 0.355 e. The Balaban J connectivity index is 4.60. The van der Waals surface area contributed by atoms with E-state index in [0.29, 0.717) is 0 Å². The molecule has 0 amide bonds. The summed E-state index contributed by atoms with van der Waals surface area (Å²) in [4.78, 5) is 11.3. The van der Waals surface area contributed by atoms with E-state index in [-0.39, 0.29) is 19.8 Å². The van der Waals surface area contributed by atoms with E-state index in [1.807, 2.05) is 0 Å². The lowest BCUT2D eigenvalue weighted by Crippen LogP contribution is -2.20. The highest BCUT2D eigenvalue weighted by Crippen LogP contribution is 2.55. The molecule has 0 radical (unpaired) electrons. The Morgan fingerprint density at radius 3 is 2.00 bits per heavy atom. The fraction of sp³-hybridized carbons (Fsp3) is 0.875. The van der Waals surface area contributed by atoms with Crippen molar-refractivity contribution in [2.45, 2.75) is 25.3 Å². The van der Waals surface area contributed by atoms with Crippen LogP contribution in [0.4, 0.5) is 0 Å². The van der Waals surface area contributed by atoms with Crippen LogP contribution in [0.5, 0.6) is 0 Å². The first-order valence-electron chi connectivity index (χ1n) is 4.71. The lowest BCUT2D eigenvalue weighted by molar-refractivity contribution is -0.141. The molecule has 7 heteroatoms. The fourth-order valence-electron chi connectivity index (χ4n) is 0.868. The molecule has 0 heterocycles. The maximum atomic E-state index is 12.0. The minimum atomic E-state index is -3.45. The molecule has 0 aliphatic rings. The van der Waals surface area contributed by atoms with Gasteiger partial charge in [-0.3, -0.25) is 9.36 Å². The zero-order valence-electron chi connectivity index (χ0n) is 9.07. The molecule has 0 aromatic heterocycles. The summed E-state index contributed by atoms with van der Waals surface area (Å²) in [6, 6.07) is 0. The molecule has 0 aromatic carbocycles. The summed E-state index contributed by atoms with van der Waals surface area (Å²) in [6.07, 6.45) is 0. The van der Waals surface area contributed by atoms with E-state index < -0.39 is 18.1 Å². The third-order valence-corrected chi connectivity index (χ3v) is 5.26. The first kappa shape index (κ1) is 15.1. The van der Waals surface area contributed by atoms with E-state index in [1.165, 1.54) is 0 Å². The van der Waals surface area contributed by atoms with E-state index in [1.54, 1.807) is 20.8 Å². The molecule has 0 spiro atoms. The van der Waals surface area contributed by atoms with Crippen molar-refractivity contribution in [1.82, 2.24) is 0 Å². The van der Waals surface area contributed by atoms with Gasteiger partial charge in [0.15, 0.2) is 0 Å². The first-order valence-corrected chi connectivity index (χ1v) is 7.24. The Hall–Kier alpha value is 0.1000. The van der Waals surface area contributed by atoms with Gasteiger partial charge in [-0.05, 0) is 20.8 Å². The molecule has 0 aliphatic heterocycles. The summed E-state index contributed by atoms with van der Waals surface area (Å²) in [7, 11) is -3.45. The standard InChI is InChI=1S/C8H16BrO5P/c1-4-12-8(10)7(9)15(11,13-5-2)14-6-3/h7H,4-6H2,1-3H3. The molecule has 0 fully saturated rings. The molecule has 0 aromatic rings. The summed E-state index contributed by atoms with van der Waals surface area (Å²) in [5.41, 5.74) is 0. The molecular formula is C8H16BrO5P. The van der Waals surface area contributed by atoms with Gasteiger partial charge in [0.1, 0.15) is 0 Å². The number of carbonyl (C=O) groups is 1. The molecule has 1 unspecified atom stereocenters. The fourth-order valence-corrected chi connectivity index (χ4v) is 3.10. The van der Waals surface area contributed by atoms with E-state index >= 15 is 0 Å². The highest BCUT2D eigenvalue weighted by atomic mass is 79.9. The lowest BCUT2D eigenvalue weighted by atomic mass is 10.8. The zero-order valence-corrected chi connectivity index (χ0v) is 11.5. The summed E-state index contributed by atoms with van der Waals surface area (Å²) in [5, 5.41) is 0. The van der Waals surface area contributed by atoms with Crippen molar-refractivity contribution in [2.24, 2.45) is 0 Å². The van der Waals surface area contributed by atoms with Crippen LogP contribution in [0.15, 0.2) is 0 Å². The van der Waals surface area contributed by atoms with Crippen LogP contribution in [0, 0.1) is 0 Å². The normalized spacial score (nSPS) is 13.6. The van der Waals surface area contributed by atoms with Crippen molar-refractivity contribution in [3.8, 4) is 0 Å². The van der Waals surface area contributed by atoms with Gasteiger partial charge in [0, 0.05) is 0 Å². The maximum absolute atomic E-state index is 12.0. The predicted octanol–water partition coefficient (Wildman–Crippen LogP) is 2.54. The molecule has 0 bridgehead atoms. The van der Waals surface area contributed by atoms with Crippen LogP contribution in [0.2, 0.25) is 0 Å². The SMILES string of the molecule is CCOC(=O)C(Br)P(=O)(OCC)OCC. The lowest BCUT2D eigenvalue weighted by Gasteiger charge is -2.20. The van der Waals surface area contributed by atoms with Gasteiger partial charge < -0.3 is 13.8 Å². The van der Waals surface area contributed by atoms with Gasteiger partial charge >= 0.3 is 13.6 Å². The number of hydrogen-bond acceptors (Lipinski definition) is 5. The van der Waals surface area contributed by atoms with Gasteiger partial charge in [0.05, 0.1) is 19.8 Å². The molecular weight excluding hydrogens is 287 g/mol. The number of alkyl halides is 1. The molecule has 15 heavy (non-hydrogen) atoms. The van der Waals surface area contributed by atoms with Gasteiger partial charge in [-0.2, -0.15) is 0 Å². The van der Waals surface area contributed by atoms with Gasteiger partial charge in [-0.15, -0.1) is 0 Å². The summed E-state index contributed by atoms with van der Waals surface area (Å²) < 4.78 is 25.7. The first-order chi connectivity index (χ1) is 7.01. The Morgan fingerprint density at radius 2 is 1.67 bits per heavy atom. The number of esters is 1. The maximum Gasteiger partial charge on any atom is 0.355 e. The van der Waals surface area contributed by atoms with Crippen LogP contribution in [0.1, 0.15) is 20.8 Å². The van der Waals surface area contributed by atoms with Crippen LogP contribution >= 0.6 is 23.5 Å². The molecule has 0 rings (SSSR count). The van der Waals surface area contributed by atoms with E-state index in [0.717, 1.165) is 0 Å². The van der Waals surface area contributed by atoms with Gasteiger partial charge in [0.2, 0.25) is 4.57 Å². The zero-order chi connectivity index (χ0) is 11.9. The van der Waals surface area contributed by atoms with Crippen LogP contribution in [0.25, 0.3) is 0 Å². The summed E-state index contributed by atoms with van der Waals surface area (Å²) in [6.45, 7) is 5.66. The second-order valence-corrected chi connectivity index (χ2v) is 6.20. The molecule has 0 saturated heterocycles. The quantitative estimate of drug-likeness (QED) is 0.411. The highest BCUT2D eigenvalue weighted by Gasteiger charge is 2.40. The average molecular weight is 303 g/mol. The van der Waals surface area contributed by atoms with Crippen LogP contribution in [-0.2, 0) is 23.1 Å². The van der Waals surface area contributed by atoms with Crippen molar-refractivity contribution in [3.63, 3.8) is 0 Å². The molecule has 1 atom stereocenters. The van der Waals surface area contributed by atoms with Gasteiger partial charge in [0.25, 0.3) is 0 Å². The topological polar surface area (TPSA) is 61.8 Å². The van der Waals surface area contributed by atoms with Gasteiger partial charge in [-0.1, -0.05) is 15.9 Å². The molecule has 90 valence electrons. The average Bonchev–Trinajstić information content (AvgIpc) is 2.17. The third kappa shape index (κ3) is 4.64. The van der Waals surface area contributed by atoms with Crippen LogP contribution in [-0.4, -0.2) is 30.4 Å². The Kier molecular flexibility index (Phi) is 7.44. The molecule has 0 saturated carbocycles. The predicted molar refractivity (Wildman–Crippen MR) is 60.2 cm³/mol. The van der Waals surface area contributed by atoms with Crippen LogP contribution < -0.4 is 0 Å². The number of carbonyl (C=O) groups excluding carboxylic acids is 1. The van der Waals surface area contributed by atoms with E-state index in [4.69, 9.17) is 13.8 Å². The van der Waals surface area contributed by atoms with Crippen molar-refractivity contribution in [3.05, 3.63) is 0 Å². The Bertz CT molecular complexity index is 235. The van der Waals surface area contributed by atoms with E-state index in [9.17, 15) is 9.36 Å². The van der Waals surface area contributed by atoms with Crippen molar-refractivity contribution in [1.29, 1.82) is 0 Å². The minimum Gasteiger partial charge on any atom is -0.465 e. The molecule has 5 nitrogen and oxygen atoms in total. The monoisotopic (exact) mass is 302 g/mol. The highest BCUT2D eigenvalue weighted by molar-refractivity contribution is 9.11. The van der Waals surface area contributed by atoms with E-state index in [2.05, 4.69) is 15.9 Å². The molecule has 0 aliphatic carbocycles.